The van der Waals surface area contributed by atoms with E-state index < -0.39 is 0 Å². The van der Waals surface area contributed by atoms with E-state index >= 15 is 0 Å². The summed E-state index contributed by atoms with van der Waals surface area (Å²) in [6.45, 7) is 0.441. The van der Waals surface area contributed by atoms with Gasteiger partial charge in [0.1, 0.15) is 0 Å². The molecular formula is C22H16Br2O5. The van der Waals surface area contributed by atoms with Crippen LogP contribution in [0.1, 0.15) is 30.4 Å². The molecule has 2 heterocycles. The number of ketones is 1. The van der Waals surface area contributed by atoms with E-state index in [-0.39, 0.29) is 19.4 Å². The third-order valence-electron chi connectivity index (χ3n) is 5.12. The van der Waals surface area contributed by atoms with Gasteiger partial charge in [-0.25, -0.2) is 0 Å². The molecule has 2 aromatic rings. The van der Waals surface area contributed by atoms with E-state index in [0.29, 0.717) is 23.0 Å². The van der Waals surface area contributed by atoms with Crippen LogP contribution in [0.2, 0.25) is 0 Å². The lowest BCUT2D eigenvalue weighted by Gasteiger charge is -2.17. The third-order valence-corrected chi connectivity index (χ3v) is 6.49. The molecule has 0 spiro atoms. The van der Waals surface area contributed by atoms with Crippen molar-refractivity contribution in [3.05, 3.63) is 55.5 Å². The first-order valence-corrected chi connectivity index (χ1v) is 10.8. The molecule has 2 aliphatic heterocycles. The van der Waals surface area contributed by atoms with E-state index in [1.54, 1.807) is 0 Å². The van der Waals surface area contributed by atoms with Crippen molar-refractivity contribution >= 4 is 49.8 Å². The highest BCUT2D eigenvalue weighted by Gasteiger charge is 2.23. The van der Waals surface area contributed by atoms with Gasteiger partial charge < -0.3 is 18.9 Å². The van der Waals surface area contributed by atoms with Crippen LogP contribution in [-0.2, 0) is 4.79 Å². The van der Waals surface area contributed by atoms with Crippen molar-refractivity contribution in [2.75, 3.05) is 13.6 Å². The topological polar surface area (TPSA) is 54.0 Å². The minimum absolute atomic E-state index is 0.0744. The van der Waals surface area contributed by atoms with Gasteiger partial charge in [0.05, 0.1) is 0 Å². The Morgan fingerprint density at radius 2 is 1.10 bits per heavy atom. The zero-order valence-corrected chi connectivity index (χ0v) is 18.5. The molecule has 0 amide bonds. The molecule has 1 saturated carbocycles. The second kappa shape index (κ2) is 7.54. The Morgan fingerprint density at radius 3 is 1.55 bits per heavy atom. The highest BCUT2D eigenvalue weighted by molar-refractivity contribution is 9.10. The van der Waals surface area contributed by atoms with E-state index in [2.05, 4.69) is 31.9 Å². The third kappa shape index (κ3) is 3.57. The quantitative estimate of drug-likeness (QED) is 0.463. The fourth-order valence-electron chi connectivity index (χ4n) is 3.64. The van der Waals surface area contributed by atoms with Gasteiger partial charge in [-0.2, -0.15) is 0 Å². The van der Waals surface area contributed by atoms with Gasteiger partial charge in [-0.3, -0.25) is 4.79 Å². The molecule has 0 N–H and O–H groups in total. The number of Topliss-reactive ketones (excluding diaryl/α,β-unsaturated/α-hetero) is 1. The zero-order valence-electron chi connectivity index (χ0n) is 15.3. The lowest BCUT2D eigenvalue weighted by molar-refractivity contribution is -0.112. The molecule has 2 aromatic carbocycles. The fourth-order valence-corrected chi connectivity index (χ4v) is 4.51. The number of allylic oxidation sites excluding steroid dienone is 2. The number of halogens is 2. The number of rotatable bonds is 2. The monoisotopic (exact) mass is 518 g/mol. The van der Waals surface area contributed by atoms with Crippen molar-refractivity contribution in [3.63, 3.8) is 0 Å². The van der Waals surface area contributed by atoms with Crippen molar-refractivity contribution in [2.45, 2.75) is 19.3 Å². The molecule has 0 aromatic heterocycles. The van der Waals surface area contributed by atoms with Gasteiger partial charge in [0, 0.05) is 20.1 Å². The summed E-state index contributed by atoms with van der Waals surface area (Å²) in [4.78, 5) is 13.1. The second-order valence-corrected chi connectivity index (χ2v) is 8.68. The molecule has 29 heavy (non-hydrogen) atoms. The Labute approximate surface area is 184 Å². The van der Waals surface area contributed by atoms with Crippen molar-refractivity contribution in [3.8, 4) is 23.0 Å². The Balaban J connectivity index is 1.47. The Morgan fingerprint density at radius 1 is 0.690 bits per heavy atom. The molecule has 5 rings (SSSR count). The van der Waals surface area contributed by atoms with E-state index in [9.17, 15) is 4.79 Å². The Kier molecular flexibility index (Phi) is 4.87. The van der Waals surface area contributed by atoms with Gasteiger partial charge in [-0.15, -0.1) is 0 Å². The SMILES string of the molecule is O=C1/C(=C\c2cc3c(cc2Br)OCO3)CCC/C1=C\c1cc2c(cc1Br)OCO2. The van der Waals surface area contributed by atoms with Gasteiger partial charge in [-0.05, 0) is 66.8 Å². The highest BCUT2D eigenvalue weighted by Crippen LogP contribution is 2.40. The first kappa shape index (κ1) is 18.8. The normalized spacial score (nSPS) is 20.0. The molecule has 0 atom stereocenters. The van der Waals surface area contributed by atoms with Crippen molar-refractivity contribution < 1.29 is 23.7 Å². The summed E-state index contributed by atoms with van der Waals surface area (Å²) in [5, 5.41) is 0. The summed E-state index contributed by atoms with van der Waals surface area (Å²) in [5.74, 6) is 2.89. The Bertz CT molecular complexity index is 1000. The van der Waals surface area contributed by atoms with E-state index in [4.69, 9.17) is 18.9 Å². The molecule has 1 fully saturated rings. The maximum Gasteiger partial charge on any atom is 0.231 e. The van der Waals surface area contributed by atoms with Crippen LogP contribution in [0.5, 0.6) is 23.0 Å². The molecule has 1 aliphatic carbocycles. The molecule has 0 unspecified atom stereocenters. The highest BCUT2D eigenvalue weighted by atomic mass is 79.9. The maximum absolute atomic E-state index is 13.1. The predicted octanol–water partition coefficient (Wildman–Crippen LogP) is 5.89. The largest absolute Gasteiger partial charge is 0.454 e. The fraction of sp³-hybridized carbons (Fsp3) is 0.227. The number of hydrogen-bond acceptors (Lipinski definition) is 5. The summed E-state index contributed by atoms with van der Waals surface area (Å²) in [5.41, 5.74) is 3.39. The zero-order chi connectivity index (χ0) is 20.0. The van der Waals surface area contributed by atoms with Gasteiger partial charge in [0.25, 0.3) is 0 Å². The van der Waals surface area contributed by atoms with Gasteiger partial charge in [-0.1, -0.05) is 31.9 Å². The van der Waals surface area contributed by atoms with Crippen LogP contribution < -0.4 is 18.9 Å². The lowest BCUT2D eigenvalue weighted by Crippen LogP contribution is -2.12. The first-order valence-electron chi connectivity index (χ1n) is 9.22. The van der Waals surface area contributed by atoms with Crippen LogP contribution >= 0.6 is 31.9 Å². The van der Waals surface area contributed by atoms with Crippen molar-refractivity contribution in [1.82, 2.24) is 0 Å². The second-order valence-electron chi connectivity index (χ2n) is 6.98. The standard InChI is InChI=1S/C22H16Br2O5/c23-16-8-20-18(26-10-28-20)6-14(16)4-12-2-1-3-13(22(12)25)5-15-7-19-21(9-17(15)24)29-11-27-19/h4-9H,1-3,10-11H2/b12-4-,13-5+. The Hall–Kier alpha value is -2.25. The number of fused-ring (bicyclic) bond motifs is 2. The number of benzene rings is 2. The minimum atomic E-state index is 0.0744. The van der Waals surface area contributed by atoms with Crippen LogP contribution in [0.4, 0.5) is 0 Å². The summed E-state index contributed by atoms with van der Waals surface area (Å²) >= 11 is 7.13. The van der Waals surface area contributed by atoms with Crippen molar-refractivity contribution in [2.24, 2.45) is 0 Å². The minimum Gasteiger partial charge on any atom is -0.454 e. The first-order chi connectivity index (χ1) is 14.1. The summed E-state index contributed by atoms with van der Waals surface area (Å²) in [6, 6.07) is 7.56. The summed E-state index contributed by atoms with van der Waals surface area (Å²) in [6.07, 6.45) is 6.30. The van der Waals surface area contributed by atoms with Gasteiger partial charge in [0.2, 0.25) is 13.6 Å². The average Bonchev–Trinajstić information content (AvgIpc) is 3.34. The van der Waals surface area contributed by atoms with Crippen LogP contribution in [0.3, 0.4) is 0 Å². The number of hydrogen-bond donors (Lipinski definition) is 0. The predicted molar refractivity (Wildman–Crippen MR) is 115 cm³/mol. The maximum atomic E-state index is 13.1. The van der Waals surface area contributed by atoms with Crippen molar-refractivity contribution in [1.29, 1.82) is 0 Å². The number of carbonyl (C=O) groups excluding carboxylic acids is 1. The molecule has 0 radical (unpaired) electrons. The lowest BCUT2D eigenvalue weighted by atomic mass is 9.87. The number of carbonyl (C=O) groups is 1. The van der Waals surface area contributed by atoms with Crippen LogP contribution in [-0.4, -0.2) is 19.4 Å². The summed E-state index contributed by atoms with van der Waals surface area (Å²) < 4.78 is 23.5. The van der Waals surface area contributed by atoms with Crippen LogP contribution in [0.25, 0.3) is 12.2 Å². The van der Waals surface area contributed by atoms with Gasteiger partial charge in [0.15, 0.2) is 28.8 Å². The van der Waals surface area contributed by atoms with Crippen LogP contribution in [0, 0.1) is 0 Å². The molecule has 3 aliphatic rings. The van der Waals surface area contributed by atoms with E-state index in [0.717, 1.165) is 50.5 Å². The van der Waals surface area contributed by atoms with E-state index in [1.807, 2.05) is 36.4 Å². The number of ether oxygens (including phenoxy) is 4. The molecule has 0 saturated heterocycles. The molecule has 0 bridgehead atoms. The molecule has 5 nitrogen and oxygen atoms in total. The van der Waals surface area contributed by atoms with Crippen LogP contribution in [0.15, 0.2) is 44.4 Å². The van der Waals surface area contributed by atoms with Gasteiger partial charge >= 0.3 is 0 Å². The summed E-state index contributed by atoms with van der Waals surface area (Å²) in [7, 11) is 0. The molecular weight excluding hydrogens is 504 g/mol. The van der Waals surface area contributed by atoms with E-state index in [1.165, 1.54) is 0 Å². The average molecular weight is 520 g/mol. The molecule has 7 heteroatoms. The molecule has 148 valence electrons. The smallest absolute Gasteiger partial charge is 0.231 e.